The van der Waals surface area contributed by atoms with Gasteiger partial charge in [-0.1, -0.05) is 12.1 Å². The molecule has 6 nitrogen and oxygen atoms in total. The van der Waals surface area contributed by atoms with Gasteiger partial charge in [-0.2, -0.15) is 4.99 Å². The summed E-state index contributed by atoms with van der Waals surface area (Å²) in [7, 11) is 0. The Balaban J connectivity index is 1.50. The van der Waals surface area contributed by atoms with Gasteiger partial charge in [-0.15, -0.1) is 0 Å². The number of fused-ring (bicyclic) bond motifs is 3. The van der Waals surface area contributed by atoms with Crippen LogP contribution in [0.5, 0.6) is 0 Å². The van der Waals surface area contributed by atoms with Crippen LogP contribution in [0.2, 0.25) is 0 Å². The van der Waals surface area contributed by atoms with E-state index in [1.807, 2.05) is 30.3 Å². The molecule has 3 aliphatic rings. The number of rotatable bonds is 3. The topological polar surface area (TPSA) is 70.7 Å². The number of benzene rings is 1. The zero-order chi connectivity index (χ0) is 20.1. The summed E-state index contributed by atoms with van der Waals surface area (Å²) in [6.07, 6.45) is 4.26. The average molecular weight is 407 g/mol. The summed E-state index contributed by atoms with van der Waals surface area (Å²) in [5.74, 6) is -0.174. The van der Waals surface area contributed by atoms with Crippen molar-refractivity contribution in [3.63, 3.8) is 0 Å². The molecule has 1 fully saturated rings. The van der Waals surface area contributed by atoms with Crippen LogP contribution in [0.3, 0.4) is 0 Å². The van der Waals surface area contributed by atoms with E-state index >= 15 is 0 Å². The Kier molecular flexibility index (Phi) is 4.44. The van der Waals surface area contributed by atoms with Crippen molar-refractivity contribution in [3.8, 4) is 0 Å². The molecule has 1 aromatic carbocycles. The molecular weight excluding hydrogens is 384 g/mol. The molecule has 1 N–H and O–H groups in total. The third-order valence-electron chi connectivity index (χ3n) is 5.73. The number of thioether (sulfide) groups is 1. The van der Waals surface area contributed by atoms with E-state index in [1.165, 1.54) is 11.8 Å². The highest BCUT2D eigenvalue weighted by molar-refractivity contribution is 8.15. The molecule has 1 saturated heterocycles. The molecule has 7 heteroatoms. The highest BCUT2D eigenvalue weighted by atomic mass is 32.2. The average Bonchev–Trinajstić information content (AvgIpc) is 3.40. The van der Waals surface area contributed by atoms with E-state index < -0.39 is 0 Å². The van der Waals surface area contributed by atoms with Gasteiger partial charge < -0.3 is 9.30 Å². The second-order valence-electron chi connectivity index (χ2n) is 7.58. The molecule has 3 aliphatic heterocycles. The van der Waals surface area contributed by atoms with E-state index in [9.17, 15) is 4.79 Å². The van der Waals surface area contributed by atoms with Crippen LogP contribution in [-0.4, -0.2) is 34.2 Å². The van der Waals surface area contributed by atoms with Crippen molar-refractivity contribution in [2.75, 3.05) is 11.5 Å². The summed E-state index contributed by atoms with van der Waals surface area (Å²) in [5, 5.41) is 9.27. The Hall–Kier alpha value is -2.64. The highest BCUT2D eigenvalue weighted by Gasteiger charge is 2.37. The number of aromatic nitrogens is 1. The smallest absolute Gasteiger partial charge is 0.283 e. The van der Waals surface area contributed by atoms with Gasteiger partial charge in [0.15, 0.2) is 5.17 Å². The normalized spacial score (nSPS) is 22.3. The van der Waals surface area contributed by atoms with Crippen molar-refractivity contribution in [1.29, 1.82) is 5.41 Å². The molecule has 1 amide bonds. The maximum absolute atomic E-state index is 12.7. The molecule has 1 atom stereocenters. The van der Waals surface area contributed by atoms with E-state index in [-0.39, 0.29) is 17.8 Å². The van der Waals surface area contributed by atoms with Crippen LogP contribution in [-0.2, 0) is 16.1 Å². The Morgan fingerprint density at radius 1 is 1.34 bits per heavy atom. The van der Waals surface area contributed by atoms with Crippen LogP contribution in [0.1, 0.15) is 29.8 Å². The summed E-state index contributed by atoms with van der Waals surface area (Å²) in [5.41, 5.74) is 4.39. The third-order valence-corrected chi connectivity index (χ3v) is 6.75. The Morgan fingerprint density at radius 3 is 2.97 bits per heavy atom. The van der Waals surface area contributed by atoms with E-state index in [2.05, 4.69) is 29.5 Å². The highest BCUT2D eigenvalue weighted by Crippen LogP contribution is 2.42. The first-order valence-corrected chi connectivity index (χ1v) is 10.6. The Morgan fingerprint density at radius 2 is 2.17 bits per heavy atom. The van der Waals surface area contributed by atoms with Crippen LogP contribution in [0.4, 0.5) is 5.69 Å². The fraction of sp³-hybridized carbons (Fsp3) is 0.318. The quantitative estimate of drug-likeness (QED) is 0.778. The predicted octanol–water partition coefficient (Wildman–Crippen LogP) is 4.15. The molecule has 148 valence electrons. The molecule has 0 radical (unpaired) electrons. The lowest BCUT2D eigenvalue weighted by molar-refractivity contribution is -0.113. The second-order valence-corrected chi connectivity index (χ2v) is 8.59. The largest absolute Gasteiger partial charge is 0.376 e. The Labute approximate surface area is 173 Å². The number of hydrogen-bond donors (Lipinski definition) is 1. The van der Waals surface area contributed by atoms with Crippen LogP contribution in [0.15, 0.2) is 45.8 Å². The molecule has 0 aliphatic carbocycles. The van der Waals surface area contributed by atoms with Crippen LogP contribution in [0, 0.1) is 19.3 Å². The minimum Gasteiger partial charge on any atom is -0.376 e. The molecule has 29 heavy (non-hydrogen) atoms. The van der Waals surface area contributed by atoms with E-state index in [0.717, 1.165) is 53.5 Å². The molecule has 0 saturated carbocycles. The number of aryl methyl sites for hydroxylation is 1. The van der Waals surface area contributed by atoms with Gasteiger partial charge in [-0.3, -0.25) is 15.1 Å². The fourth-order valence-electron chi connectivity index (χ4n) is 4.17. The minimum absolute atomic E-state index is 0.182. The van der Waals surface area contributed by atoms with Gasteiger partial charge >= 0.3 is 0 Å². The van der Waals surface area contributed by atoms with Crippen LogP contribution < -0.4 is 4.90 Å². The van der Waals surface area contributed by atoms with Crippen molar-refractivity contribution >= 4 is 40.4 Å². The van der Waals surface area contributed by atoms with Crippen molar-refractivity contribution in [2.45, 2.75) is 44.2 Å². The molecule has 5 rings (SSSR count). The first kappa shape index (κ1) is 18.4. The van der Waals surface area contributed by atoms with Gasteiger partial charge in [0.25, 0.3) is 5.91 Å². The van der Waals surface area contributed by atoms with Gasteiger partial charge in [0.1, 0.15) is 5.84 Å². The van der Waals surface area contributed by atoms with E-state index in [0.29, 0.717) is 10.7 Å². The molecule has 0 spiro atoms. The lowest BCUT2D eigenvalue weighted by Gasteiger charge is -2.24. The maximum atomic E-state index is 12.7. The molecule has 4 heterocycles. The Bertz CT molecular complexity index is 1090. The number of amides is 1. The molecule has 2 aromatic rings. The van der Waals surface area contributed by atoms with E-state index in [1.54, 1.807) is 4.90 Å². The number of ether oxygens (including phenoxy) is 1. The fourth-order valence-corrected chi connectivity index (χ4v) is 5.18. The number of hydrogen-bond acceptors (Lipinski definition) is 4. The summed E-state index contributed by atoms with van der Waals surface area (Å²) < 4.78 is 8.03. The molecular formula is C22H22N4O2S. The second kappa shape index (κ2) is 7.00. The summed E-state index contributed by atoms with van der Waals surface area (Å²) in [4.78, 5) is 19.8. The minimum atomic E-state index is -0.356. The SMILES string of the molecule is Cc1cc(/C=C2/C(=N)N3C(=NC2=O)Sc2ccccc23)c(C)n1CC1CCCO1. The van der Waals surface area contributed by atoms with Crippen LogP contribution >= 0.6 is 11.8 Å². The summed E-state index contributed by atoms with van der Waals surface area (Å²) in [6.45, 7) is 5.79. The van der Waals surface area contributed by atoms with Gasteiger partial charge in [0, 0.05) is 29.4 Å². The van der Waals surface area contributed by atoms with Crippen molar-refractivity contribution in [1.82, 2.24) is 4.57 Å². The van der Waals surface area contributed by atoms with Crippen molar-refractivity contribution in [3.05, 3.63) is 52.9 Å². The number of amidine groups is 2. The number of nitrogens with one attached hydrogen (secondary N) is 1. The lowest BCUT2D eigenvalue weighted by Crippen LogP contribution is -2.39. The predicted molar refractivity (Wildman–Crippen MR) is 116 cm³/mol. The number of carbonyl (C=O) groups is 1. The van der Waals surface area contributed by atoms with Crippen molar-refractivity contribution < 1.29 is 9.53 Å². The van der Waals surface area contributed by atoms with Gasteiger partial charge in [0.2, 0.25) is 0 Å². The third kappa shape index (κ3) is 3.05. The lowest BCUT2D eigenvalue weighted by atomic mass is 10.1. The summed E-state index contributed by atoms with van der Waals surface area (Å²) in [6, 6.07) is 9.91. The number of nitrogens with zero attached hydrogens (tertiary/aromatic N) is 3. The maximum Gasteiger partial charge on any atom is 0.283 e. The molecule has 0 bridgehead atoms. The first-order valence-electron chi connectivity index (χ1n) is 9.82. The molecule has 1 unspecified atom stereocenters. The number of para-hydroxylation sites is 1. The van der Waals surface area contributed by atoms with Gasteiger partial charge in [-0.05, 0) is 68.3 Å². The van der Waals surface area contributed by atoms with Gasteiger partial charge in [0.05, 0.1) is 17.4 Å². The standard InChI is InChI=1S/C22H22N4O2S/c1-13-10-15(14(2)25(13)12-16-6-5-9-28-16)11-17-20(23)26-18-7-3-4-8-19(18)29-22(26)24-21(17)27/h3-4,7-8,10-11,16,23H,5-6,9,12H2,1-2H3/b17-11-,23-20?. The zero-order valence-corrected chi connectivity index (χ0v) is 17.3. The number of anilines is 1. The number of aliphatic imine (C=N–C) groups is 1. The monoisotopic (exact) mass is 406 g/mol. The van der Waals surface area contributed by atoms with Crippen LogP contribution in [0.25, 0.3) is 6.08 Å². The van der Waals surface area contributed by atoms with Crippen molar-refractivity contribution in [2.24, 2.45) is 4.99 Å². The summed E-state index contributed by atoms with van der Waals surface area (Å²) >= 11 is 1.43. The first-order chi connectivity index (χ1) is 14.0. The molecule has 1 aromatic heterocycles. The zero-order valence-electron chi connectivity index (χ0n) is 16.4. The van der Waals surface area contributed by atoms with Gasteiger partial charge in [-0.25, -0.2) is 0 Å². The number of carbonyl (C=O) groups excluding carboxylic acids is 1. The van der Waals surface area contributed by atoms with E-state index in [4.69, 9.17) is 10.1 Å².